The third-order valence-electron chi connectivity index (χ3n) is 5.49. The van der Waals surface area contributed by atoms with E-state index in [4.69, 9.17) is 5.73 Å². The van der Waals surface area contributed by atoms with E-state index in [1.165, 1.54) is 4.31 Å². The molecule has 152 valence electrons. The maximum Gasteiger partial charge on any atom is 0.243 e. The van der Waals surface area contributed by atoms with Gasteiger partial charge in [-0.3, -0.25) is 4.79 Å². The van der Waals surface area contributed by atoms with Crippen LogP contribution in [0.25, 0.3) is 0 Å². The van der Waals surface area contributed by atoms with Crippen molar-refractivity contribution >= 4 is 15.9 Å². The van der Waals surface area contributed by atoms with Crippen LogP contribution >= 0.6 is 0 Å². The van der Waals surface area contributed by atoms with Gasteiger partial charge in [0.1, 0.15) is 0 Å². The smallest absolute Gasteiger partial charge is 0.243 e. The lowest BCUT2D eigenvalue weighted by Gasteiger charge is -2.33. The SMILES string of the molecule is Cc1ccc(S(=O)(=O)N2CCC(C(=O)N(C)CCC(N)C(C)C)CC2)cc1. The fraction of sp³-hybridized carbons (Fsp3) is 0.650. The number of amides is 1. The van der Waals surface area contributed by atoms with Gasteiger partial charge < -0.3 is 10.6 Å². The molecule has 2 rings (SSSR count). The van der Waals surface area contributed by atoms with Crippen LogP contribution in [-0.2, 0) is 14.8 Å². The number of nitrogens with two attached hydrogens (primary N) is 1. The molecule has 1 aliphatic heterocycles. The van der Waals surface area contributed by atoms with Crippen LogP contribution in [0.4, 0.5) is 0 Å². The van der Waals surface area contributed by atoms with Crippen molar-refractivity contribution in [2.45, 2.75) is 51.0 Å². The summed E-state index contributed by atoms with van der Waals surface area (Å²) in [5.74, 6) is 0.372. The molecule has 1 aliphatic rings. The summed E-state index contributed by atoms with van der Waals surface area (Å²) in [7, 11) is -1.68. The molecule has 1 amide bonds. The zero-order chi connectivity index (χ0) is 20.2. The minimum absolute atomic E-state index is 0.0850. The maximum atomic E-state index is 12.8. The number of sulfonamides is 1. The van der Waals surface area contributed by atoms with Crippen LogP contribution in [0.1, 0.15) is 38.7 Å². The molecule has 27 heavy (non-hydrogen) atoms. The van der Waals surface area contributed by atoms with Gasteiger partial charge in [0.05, 0.1) is 4.90 Å². The number of carbonyl (C=O) groups excluding carboxylic acids is 1. The van der Waals surface area contributed by atoms with Crippen LogP contribution in [-0.4, -0.2) is 56.3 Å². The normalized spacial score (nSPS) is 17.9. The Labute approximate surface area is 163 Å². The monoisotopic (exact) mass is 395 g/mol. The van der Waals surface area contributed by atoms with Gasteiger partial charge in [-0.15, -0.1) is 0 Å². The molecule has 1 atom stereocenters. The fourth-order valence-electron chi connectivity index (χ4n) is 3.30. The van der Waals surface area contributed by atoms with E-state index in [1.54, 1.807) is 29.2 Å². The largest absolute Gasteiger partial charge is 0.345 e. The number of hydrogen-bond donors (Lipinski definition) is 1. The van der Waals surface area contributed by atoms with Gasteiger partial charge in [0.25, 0.3) is 0 Å². The first kappa shape index (κ1) is 21.9. The van der Waals surface area contributed by atoms with Crippen LogP contribution in [0.5, 0.6) is 0 Å². The Hall–Kier alpha value is -1.44. The minimum Gasteiger partial charge on any atom is -0.345 e. The molecule has 0 aromatic heterocycles. The molecule has 2 N–H and O–H groups in total. The van der Waals surface area contributed by atoms with Crippen molar-refractivity contribution in [2.75, 3.05) is 26.7 Å². The summed E-state index contributed by atoms with van der Waals surface area (Å²) < 4.78 is 27.0. The third-order valence-corrected chi connectivity index (χ3v) is 7.41. The zero-order valence-corrected chi connectivity index (χ0v) is 17.7. The van der Waals surface area contributed by atoms with E-state index in [2.05, 4.69) is 13.8 Å². The van der Waals surface area contributed by atoms with Gasteiger partial charge in [0, 0.05) is 38.6 Å². The molecular weight excluding hydrogens is 362 g/mol. The number of aryl methyl sites for hydroxylation is 1. The van der Waals surface area contributed by atoms with Crippen molar-refractivity contribution in [3.8, 4) is 0 Å². The predicted molar refractivity (Wildman–Crippen MR) is 108 cm³/mol. The Morgan fingerprint density at radius 2 is 1.78 bits per heavy atom. The molecule has 1 aromatic rings. The van der Waals surface area contributed by atoms with Gasteiger partial charge in [0.15, 0.2) is 0 Å². The van der Waals surface area contributed by atoms with Gasteiger partial charge in [-0.05, 0) is 44.2 Å². The van der Waals surface area contributed by atoms with E-state index in [1.807, 2.05) is 14.0 Å². The molecule has 1 saturated heterocycles. The predicted octanol–water partition coefficient (Wildman–Crippen LogP) is 2.23. The summed E-state index contributed by atoms with van der Waals surface area (Å²) in [6.07, 6.45) is 1.90. The van der Waals surface area contributed by atoms with Crippen molar-refractivity contribution < 1.29 is 13.2 Å². The lowest BCUT2D eigenvalue weighted by Crippen LogP contribution is -2.44. The highest BCUT2D eigenvalue weighted by molar-refractivity contribution is 7.89. The second kappa shape index (κ2) is 9.17. The second-order valence-electron chi connectivity index (χ2n) is 7.95. The molecule has 1 heterocycles. The second-order valence-corrected chi connectivity index (χ2v) is 9.89. The number of hydrogen-bond acceptors (Lipinski definition) is 4. The Morgan fingerprint density at radius 3 is 2.30 bits per heavy atom. The Balaban J connectivity index is 1.90. The molecule has 1 unspecified atom stereocenters. The standard InChI is InChI=1S/C20H33N3O3S/c1-15(2)19(21)11-12-22(4)20(24)17-9-13-23(14-10-17)27(25,26)18-7-5-16(3)6-8-18/h5-8,15,17,19H,9-14,21H2,1-4H3. The molecule has 1 fully saturated rings. The lowest BCUT2D eigenvalue weighted by atomic mass is 9.96. The molecule has 0 radical (unpaired) electrons. The average Bonchev–Trinajstić information content (AvgIpc) is 2.65. The molecule has 0 saturated carbocycles. The van der Waals surface area contributed by atoms with Crippen LogP contribution in [0.3, 0.4) is 0 Å². The summed E-state index contributed by atoms with van der Waals surface area (Å²) in [4.78, 5) is 14.7. The summed E-state index contributed by atoms with van der Waals surface area (Å²) in [6, 6.07) is 6.99. The number of carbonyl (C=O) groups is 1. The third kappa shape index (κ3) is 5.53. The summed E-state index contributed by atoms with van der Waals surface area (Å²) in [5, 5.41) is 0. The first-order chi connectivity index (χ1) is 12.6. The summed E-state index contributed by atoms with van der Waals surface area (Å²) in [5.41, 5.74) is 7.09. The molecule has 0 aliphatic carbocycles. The van der Waals surface area contributed by atoms with E-state index in [0.717, 1.165) is 12.0 Å². The van der Waals surface area contributed by atoms with Crippen molar-refractivity contribution in [1.82, 2.24) is 9.21 Å². The quantitative estimate of drug-likeness (QED) is 0.767. The van der Waals surface area contributed by atoms with E-state index < -0.39 is 10.0 Å². The lowest BCUT2D eigenvalue weighted by molar-refractivity contribution is -0.135. The van der Waals surface area contributed by atoms with Gasteiger partial charge in [-0.1, -0.05) is 31.5 Å². The van der Waals surface area contributed by atoms with Crippen LogP contribution < -0.4 is 5.73 Å². The average molecular weight is 396 g/mol. The fourth-order valence-corrected chi connectivity index (χ4v) is 4.77. The van der Waals surface area contributed by atoms with Gasteiger partial charge in [-0.2, -0.15) is 4.31 Å². The van der Waals surface area contributed by atoms with E-state index in [9.17, 15) is 13.2 Å². The van der Waals surface area contributed by atoms with Crippen molar-refractivity contribution in [2.24, 2.45) is 17.6 Å². The molecule has 7 heteroatoms. The molecular formula is C20H33N3O3S. The van der Waals surface area contributed by atoms with Crippen LogP contribution in [0.2, 0.25) is 0 Å². The molecule has 6 nitrogen and oxygen atoms in total. The highest BCUT2D eigenvalue weighted by Gasteiger charge is 2.33. The van der Waals surface area contributed by atoms with E-state index in [0.29, 0.717) is 43.3 Å². The van der Waals surface area contributed by atoms with E-state index in [-0.39, 0.29) is 17.9 Å². The molecule has 1 aromatic carbocycles. The topological polar surface area (TPSA) is 83.7 Å². The Morgan fingerprint density at radius 1 is 1.22 bits per heavy atom. The molecule has 0 bridgehead atoms. The minimum atomic E-state index is -3.49. The number of rotatable bonds is 7. The van der Waals surface area contributed by atoms with Crippen molar-refractivity contribution in [3.63, 3.8) is 0 Å². The zero-order valence-electron chi connectivity index (χ0n) is 16.9. The van der Waals surface area contributed by atoms with Crippen molar-refractivity contribution in [3.05, 3.63) is 29.8 Å². The van der Waals surface area contributed by atoms with Gasteiger partial charge >= 0.3 is 0 Å². The van der Waals surface area contributed by atoms with Gasteiger partial charge in [0.2, 0.25) is 15.9 Å². The van der Waals surface area contributed by atoms with Crippen LogP contribution in [0.15, 0.2) is 29.2 Å². The Kier molecular flexibility index (Phi) is 7.42. The first-order valence-corrected chi connectivity index (χ1v) is 11.1. The number of benzene rings is 1. The highest BCUT2D eigenvalue weighted by Crippen LogP contribution is 2.25. The number of piperidine rings is 1. The summed E-state index contributed by atoms with van der Waals surface area (Å²) in [6.45, 7) is 7.49. The van der Waals surface area contributed by atoms with Gasteiger partial charge in [-0.25, -0.2) is 8.42 Å². The Bertz CT molecular complexity index is 723. The van der Waals surface area contributed by atoms with Crippen LogP contribution in [0, 0.1) is 18.8 Å². The molecule has 0 spiro atoms. The van der Waals surface area contributed by atoms with Crippen molar-refractivity contribution in [1.29, 1.82) is 0 Å². The van der Waals surface area contributed by atoms with E-state index >= 15 is 0 Å². The highest BCUT2D eigenvalue weighted by atomic mass is 32.2. The first-order valence-electron chi connectivity index (χ1n) is 9.70. The summed E-state index contributed by atoms with van der Waals surface area (Å²) >= 11 is 0. The maximum absolute atomic E-state index is 12.8. The number of nitrogens with zero attached hydrogens (tertiary/aromatic N) is 2.